The molecule has 1 aromatic heterocycles. The summed E-state index contributed by atoms with van der Waals surface area (Å²) in [7, 11) is 0. The van der Waals surface area contributed by atoms with Crippen LogP contribution in [0.3, 0.4) is 0 Å². The van der Waals surface area contributed by atoms with Gasteiger partial charge in [0.05, 0.1) is 25.3 Å². The summed E-state index contributed by atoms with van der Waals surface area (Å²) in [5, 5.41) is 12.2. The number of alkyl carbamates (subject to hydrolysis) is 1. The molecule has 2 amide bonds. The van der Waals surface area contributed by atoms with Crippen molar-refractivity contribution in [2.45, 2.75) is 31.5 Å². The number of ether oxygens (including phenoxy) is 2. The number of carbonyl (C=O) groups is 3. The number of carboxylic acid groups (broad SMARTS) is 1. The van der Waals surface area contributed by atoms with Crippen LogP contribution in [0.2, 0.25) is 0 Å². The lowest BCUT2D eigenvalue weighted by atomic mass is 9.98. The molecule has 12 heteroatoms. The van der Waals surface area contributed by atoms with Gasteiger partial charge in [-0.2, -0.15) is 0 Å². The van der Waals surface area contributed by atoms with Gasteiger partial charge in [0.1, 0.15) is 19.7 Å². The zero-order valence-electron chi connectivity index (χ0n) is 21.7. The summed E-state index contributed by atoms with van der Waals surface area (Å²) in [5.41, 5.74) is 3.15. The zero-order chi connectivity index (χ0) is 28.4. The third kappa shape index (κ3) is 5.38. The lowest BCUT2D eigenvalue weighted by Crippen LogP contribution is -2.55. The first kappa shape index (κ1) is 26.9. The molecule has 3 N–H and O–H groups in total. The quantitative estimate of drug-likeness (QED) is 0.377. The Morgan fingerprint density at radius 2 is 1.73 bits per heavy atom. The van der Waals surface area contributed by atoms with Crippen LogP contribution in [0.1, 0.15) is 22.6 Å². The van der Waals surface area contributed by atoms with Crippen LogP contribution in [-0.2, 0) is 25.6 Å². The van der Waals surface area contributed by atoms with E-state index in [2.05, 4.69) is 10.3 Å². The van der Waals surface area contributed by atoms with Crippen molar-refractivity contribution in [3.8, 4) is 11.1 Å². The van der Waals surface area contributed by atoms with E-state index in [-0.39, 0.29) is 31.3 Å². The van der Waals surface area contributed by atoms with Crippen LogP contribution in [0.25, 0.3) is 11.1 Å². The standard InChI is InChI=1S/C28H28N4O8/c1-16-10-31(27(37)30-26(16)36)11-24(33)32(12-25(34)35)23-15-39-14-22(23)29-28(38)40-13-21-19-8-4-2-6-17(19)18-7-3-5-9-20(18)21/h2-10,21-23H,11-15H2,1H3,(H,29,38)(H,34,35)(H,30,36,37)/t22-,23-/m1/s1. The van der Waals surface area contributed by atoms with E-state index in [1.54, 1.807) is 0 Å². The van der Waals surface area contributed by atoms with Gasteiger partial charge in [-0.05, 0) is 29.2 Å². The number of nitrogens with one attached hydrogen (secondary N) is 2. The number of hydrogen-bond donors (Lipinski definition) is 3. The van der Waals surface area contributed by atoms with E-state index in [1.165, 1.54) is 13.1 Å². The fourth-order valence-corrected chi connectivity index (χ4v) is 5.29. The van der Waals surface area contributed by atoms with Crippen LogP contribution >= 0.6 is 0 Å². The first-order chi connectivity index (χ1) is 19.2. The van der Waals surface area contributed by atoms with Gasteiger partial charge < -0.3 is 24.8 Å². The van der Waals surface area contributed by atoms with Gasteiger partial charge in [-0.3, -0.25) is 23.9 Å². The van der Waals surface area contributed by atoms with Gasteiger partial charge >= 0.3 is 17.8 Å². The van der Waals surface area contributed by atoms with E-state index >= 15 is 0 Å². The summed E-state index contributed by atoms with van der Waals surface area (Å²) in [6.07, 6.45) is 0.507. The predicted octanol–water partition coefficient (Wildman–Crippen LogP) is 1.06. The normalized spacial score (nSPS) is 17.6. The number of aromatic nitrogens is 2. The minimum absolute atomic E-state index is 0.0209. The highest BCUT2D eigenvalue weighted by molar-refractivity contribution is 5.82. The molecule has 2 atom stereocenters. The number of amides is 2. The Bertz CT molecular complexity index is 1530. The molecular weight excluding hydrogens is 520 g/mol. The minimum Gasteiger partial charge on any atom is -0.480 e. The highest BCUT2D eigenvalue weighted by Gasteiger charge is 2.38. The molecule has 3 aromatic rings. The van der Waals surface area contributed by atoms with Gasteiger partial charge in [-0.1, -0.05) is 48.5 Å². The van der Waals surface area contributed by atoms with Crippen molar-refractivity contribution in [2.75, 3.05) is 26.4 Å². The highest BCUT2D eigenvalue weighted by Crippen LogP contribution is 2.44. The molecule has 1 aliphatic heterocycles. The van der Waals surface area contributed by atoms with Crippen LogP contribution in [0, 0.1) is 6.92 Å². The van der Waals surface area contributed by atoms with Crippen molar-refractivity contribution in [2.24, 2.45) is 0 Å². The van der Waals surface area contributed by atoms with Crippen LogP contribution < -0.4 is 16.6 Å². The Morgan fingerprint density at radius 3 is 2.38 bits per heavy atom. The summed E-state index contributed by atoms with van der Waals surface area (Å²) in [6.45, 7) is 0.408. The molecular formula is C28H28N4O8. The molecule has 1 aliphatic carbocycles. The molecule has 2 aliphatic rings. The summed E-state index contributed by atoms with van der Waals surface area (Å²) in [4.78, 5) is 64.6. The van der Waals surface area contributed by atoms with E-state index in [1.807, 2.05) is 48.5 Å². The highest BCUT2D eigenvalue weighted by atomic mass is 16.5. The van der Waals surface area contributed by atoms with E-state index in [9.17, 15) is 29.1 Å². The first-order valence-corrected chi connectivity index (χ1v) is 12.7. The van der Waals surface area contributed by atoms with Crippen LogP contribution in [-0.4, -0.2) is 76.0 Å². The van der Waals surface area contributed by atoms with Crippen LogP contribution in [0.15, 0.2) is 64.3 Å². The number of H-pyrrole nitrogens is 1. The molecule has 0 bridgehead atoms. The zero-order valence-corrected chi connectivity index (χ0v) is 21.7. The largest absolute Gasteiger partial charge is 0.480 e. The van der Waals surface area contributed by atoms with Crippen molar-refractivity contribution in [3.05, 3.63) is 92.3 Å². The van der Waals surface area contributed by atoms with Gasteiger partial charge in [0, 0.05) is 17.7 Å². The molecule has 0 spiro atoms. The predicted molar refractivity (Wildman–Crippen MR) is 142 cm³/mol. The van der Waals surface area contributed by atoms with E-state index in [0.29, 0.717) is 0 Å². The second kappa shape index (κ2) is 11.2. The van der Waals surface area contributed by atoms with Crippen LogP contribution in [0.4, 0.5) is 4.79 Å². The molecule has 5 rings (SSSR count). The number of carbonyl (C=O) groups excluding carboxylic acids is 2. The summed E-state index contributed by atoms with van der Waals surface area (Å²) in [5.74, 6) is -2.10. The van der Waals surface area contributed by atoms with Gasteiger partial charge in [0.15, 0.2) is 0 Å². The molecule has 12 nitrogen and oxygen atoms in total. The molecule has 0 unspecified atom stereocenters. The van der Waals surface area contributed by atoms with Crippen molar-refractivity contribution in [1.82, 2.24) is 19.8 Å². The van der Waals surface area contributed by atoms with Gasteiger partial charge in [0.25, 0.3) is 5.56 Å². The molecule has 2 heterocycles. The number of carboxylic acids is 1. The Balaban J connectivity index is 1.27. The number of aliphatic carboxylic acids is 1. The average molecular weight is 549 g/mol. The number of benzene rings is 2. The lowest BCUT2D eigenvalue weighted by molar-refractivity contribution is -0.146. The minimum atomic E-state index is -1.27. The maximum Gasteiger partial charge on any atom is 0.407 e. The Hall–Kier alpha value is -4.71. The number of nitrogens with zero attached hydrogens (tertiary/aromatic N) is 2. The molecule has 1 saturated heterocycles. The van der Waals surface area contributed by atoms with Gasteiger partial charge in [0.2, 0.25) is 5.91 Å². The first-order valence-electron chi connectivity index (χ1n) is 12.7. The molecule has 2 aromatic carbocycles. The maximum atomic E-state index is 13.2. The third-order valence-corrected chi connectivity index (χ3v) is 7.22. The summed E-state index contributed by atoms with van der Waals surface area (Å²) >= 11 is 0. The second-order valence-corrected chi connectivity index (χ2v) is 9.80. The number of aryl methyl sites for hydroxylation is 1. The Morgan fingerprint density at radius 1 is 1.07 bits per heavy atom. The van der Waals surface area contributed by atoms with Gasteiger partial charge in [-0.25, -0.2) is 9.59 Å². The molecule has 0 radical (unpaired) electrons. The summed E-state index contributed by atoms with van der Waals surface area (Å²) in [6, 6.07) is 14.3. The molecule has 1 fully saturated rings. The molecule has 0 saturated carbocycles. The summed E-state index contributed by atoms with van der Waals surface area (Å²) < 4.78 is 12.1. The topological polar surface area (TPSA) is 160 Å². The maximum absolute atomic E-state index is 13.2. The van der Waals surface area contributed by atoms with E-state index in [4.69, 9.17) is 9.47 Å². The number of fused-ring (bicyclic) bond motifs is 3. The fourth-order valence-electron chi connectivity index (χ4n) is 5.29. The lowest BCUT2D eigenvalue weighted by Gasteiger charge is -2.31. The van der Waals surface area contributed by atoms with Gasteiger partial charge in [-0.15, -0.1) is 0 Å². The second-order valence-electron chi connectivity index (χ2n) is 9.80. The third-order valence-electron chi connectivity index (χ3n) is 7.22. The van der Waals surface area contributed by atoms with Crippen molar-refractivity contribution in [3.63, 3.8) is 0 Å². The fraction of sp³-hybridized carbons (Fsp3) is 0.321. The monoisotopic (exact) mass is 548 g/mol. The number of hydrogen-bond acceptors (Lipinski definition) is 7. The Labute approximate surface area is 228 Å². The Kier molecular flexibility index (Phi) is 7.52. The van der Waals surface area contributed by atoms with E-state index in [0.717, 1.165) is 31.7 Å². The van der Waals surface area contributed by atoms with Crippen molar-refractivity contribution in [1.29, 1.82) is 0 Å². The SMILES string of the molecule is Cc1cn(CC(=O)N(CC(=O)O)[C@@H]2COC[C@H]2NC(=O)OCC2c3ccccc3-c3ccccc32)c(=O)[nH]c1=O. The number of rotatable bonds is 8. The average Bonchev–Trinajstić information content (AvgIpc) is 3.51. The number of aromatic amines is 1. The van der Waals surface area contributed by atoms with Crippen molar-refractivity contribution < 1.29 is 29.0 Å². The van der Waals surface area contributed by atoms with E-state index < -0.39 is 54.4 Å². The van der Waals surface area contributed by atoms with Crippen LogP contribution in [0.5, 0.6) is 0 Å². The molecule has 40 heavy (non-hydrogen) atoms. The smallest absolute Gasteiger partial charge is 0.407 e. The molecule has 208 valence electrons. The van der Waals surface area contributed by atoms with Crippen molar-refractivity contribution >= 4 is 18.0 Å².